The molecule has 4 rings (SSSR count). The summed E-state index contributed by atoms with van der Waals surface area (Å²) in [6, 6.07) is 13.3. The van der Waals surface area contributed by atoms with Gasteiger partial charge in [-0.15, -0.1) is 0 Å². The molecule has 1 amide bonds. The lowest BCUT2D eigenvalue weighted by atomic mass is 10.0. The van der Waals surface area contributed by atoms with Crippen LogP contribution in [0.3, 0.4) is 0 Å². The first-order valence-corrected chi connectivity index (χ1v) is 11.7. The van der Waals surface area contributed by atoms with Crippen molar-refractivity contribution >= 4 is 32.3 Å². The van der Waals surface area contributed by atoms with E-state index in [0.29, 0.717) is 21.5 Å². The van der Waals surface area contributed by atoms with E-state index in [9.17, 15) is 17.6 Å². The van der Waals surface area contributed by atoms with Gasteiger partial charge in [-0.25, -0.2) is 12.8 Å². The van der Waals surface area contributed by atoms with Crippen molar-refractivity contribution in [1.82, 2.24) is 10.3 Å². The first kappa shape index (κ1) is 20.4. The minimum absolute atomic E-state index is 0.0322. The number of amides is 1. The van der Waals surface area contributed by atoms with Crippen LogP contribution in [0.2, 0.25) is 0 Å². The van der Waals surface area contributed by atoms with Crippen LogP contribution >= 0.6 is 0 Å². The number of nitrogens with zero attached hydrogens (tertiary/aromatic N) is 1. The minimum atomic E-state index is -3.20. The van der Waals surface area contributed by atoms with E-state index >= 15 is 0 Å². The average molecular weight is 430 g/mol. The molecule has 158 valence electrons. The topological polar surface area (TPSA) is 82.3 Å². The fourth-order valence-electron chi connectivity index (χ4n) is 3.82. The monoisotopic (exact) mass is 429 g/mol. The van der Waals surface area contributed by atoms with Gasteiger partial charge < -0.3 is 15.2 Å². The third-order valence-electron chi connectivity index (χ3n) is 5.63. The lowest BCUT2D eigenvalue weighted by Crippen LogP contribution is -2.44. The van der Waals surface area contributed by atoms with Gasteiger partial charge in [-0.05, 0) is 55.3 Å². The van der Waals surface area contributed by atoms with E-state index < -0.39 is 9.84 Å². The van der Waals surface area contributed by atoms with Crippen molar-refractivity contribution in [3.8, 4) is 0 Å². The molecule has 1 saturated heterocycles. The van der Waals surface area contributed by atoms with E-state index in [4.69, 9.17) is 0 Å². The number of aromatic amines is 1. The molecule has 0 spiro atoms. The van der Waals surface area contributed by atoms with E-state index in [-0.39, 0.29) is 23.5 Å². The van der Waals surface area contributed by atoms with Gasteiger partial charge >= 0.3 is 0 Å². The standard InChI is InChI=1S/C22H24FN3O3S/c1-2-30(28,29)17-8-6-16(7-9-17)26-12-10-15(11-13-26)24-22(27)21-14-18-19(23)4-3-5-20(18)25-21/h3-9,14-15,25H,2,10-13H2,1H3,(H,24,27). The second kappa shape index (κ2) is 8.10. The van der Waals surface area contributed by atoms with Gasteiger partial charge in [0.1, 0.15) is 11.5 Å². The second-order valence-corrected chi connectivity index (χ2v) is 9.79. The predicted molar refractivity (Wildman–Crippen MR) is 115 cm³/mol. The number of aromatic nitrogens is 1. The Morgan fingerprint density at radius 2 is 1.87 bits per heavy atom. The Kier molecular flexibility index (Phi) is 5.51. The molecule has 1 fully saturated rings. The number of H-pyrrole nitrogens is 1. The molecule has 2 heterocycles. The molecule has 0 saturated carbocycles. The first-order valence-electron chi connectivity index (χ1n) is 10.0. The number of halogens is 1. The highest BCUT2D eigenvalue weighted by molar-refractivity contribution is 7.91. The lowest BCUT2D eigenvalue weighted by molar-refractivity contribution is 0.0927. The molecule has 0 atom stereocenters. The zero-order chi connectivity index (χ0) is 21.3. The van der Waals surface area contributed by atoms with Crippen LogP contribution in [0, 0.1) is 5.82 Å². The maximum Gasteiger partial charge on any atom is 0.267 e. The van der Waals surface area contributed by atoms with E-state index in [1.807, 2.05) is 12.1 Å². The van der Waals surface area contributed by atoms with Crippen molar-refractivity contribution < 1.29 is 17.6 Å². The molecule has 0 bridgehead atoms. The normalized spacial score (nSPS) is 15.5. The summed E-state index contributed by atoms with van der Waals surface area (Å²) in [5, 5.41) is 3.43. The highest BCUT2D eigenvalue weighted by atomic mass is 32.2. The summed E-state index contributed by atoms with van der Waals surface area (Å²) in [7, 11) is -3.20. The maximum absolute atomic E-state index is 13.8. The van der Waals surface area contributed by atoms with Gasteiger partial charge in [0, 0.05) is 35.7 Å². The van der Waals surface area contributed by atoms with E-state index in [1.165, 1.54) is 6.07 Å². The molecule has 6 nitrogen and oxygen atoms in total. The van der Waals surface area contributed by atoms with Crippen LogP contribution in [0.1, 0.15) is 30.3 Å². The quantitative estimate of drug-likeness (QED) is 0.650. The van der Waals surface area contributed by atoms with E-state index in [1.54, 1.807) is 37.3 Å². The van der Waals surface area contributed by atoms with Crippen molar-refractivity contribution in [3.05, 3.63) is 60.0 Å². The molecule has 8 heteroatoms. The fourth-order valence-corrected chi connectivity index (χ4v) is 4.70. The fraction of sp³-hybridized carbons (Fsp3) is 0.318. The number of hydrogen-bond donors (Lipinski definition) is 2. The zero-order valence-electron chi connectivity index (χ0n) is 16.7. The summed E-state index contributed by atoms with van der Waals surface area (Å²) in [5.74, 6) is -0.507. The summed E-state index contributed by atoms with van der Waals surface area (Å²) in [6.45, 7) is 3.15. The third kappa shape index (κ3) is 4.05. The van der Waals surface area contributed by atoms with Crippen molar-refractivity contribution in [2.75, 3.05) is 23.7 Å². The molecule has 30 heavy (non-hydrogen) atoms. The second-order valence-electron chi connectivity index (χ2n) is 7.52. The van der Waals surface area contributed by atoms with Gasteiger partial charge in [0.2, 0.25) is 0 Å². The van der Waals surface area contributed by atoms with Crippen molar-refractivity contribution in [2.24, 2.45) is 0 Å². The Morgan fingerprint density at radius 1 is 1.17 bits per heavy atom. The van der Waals surface area contributed by atoms with Crippen molar-refractivity contribution in [1.29, 1.82) is 0 Å². The van der Waals surface area contributed by atoms with Crippen molar-refractivity contribution in [3.63, 3.8) is 0 Å². The van der Waals surface area contributed by atoms with Crippen molar-refractivity contribution in [2.45, 2.75) is 30.7 Å². The van der Waals surface area contributed by atoms with Crippen LogP contribution in [0.5, 0.6) is 0 Å². The number of fused-ring (bicyclic) bond motifs is 1. The minimum Gasteiger partial charge on any atom is -0.371 e. The molecule has 1 aliphatic rings. The number of benzene rings is 2. The molecule has 2 aromatic carbocycles. The number of piperidine rings is 1. The number of rotatable bonds is 5. The molecule has 2 N–H and O–H groups in total. The summed E-state index contributed by atoms with van der Waals surface area (Å²) >= 11 is 0. The summed E-state index contributed by atoms with van der Waals surface area (Å²) in [5.41, 5.74) is 1.93. The number of nitrogens with one attached hydrogen (secondary N) is 2. The smallest absolute Gasteiger partial charge is 0.267 e. The molecular formula is C22H24FN3O3S. The molecule has 0 radical (unpaired) electrons. The molecule has 0 unspecified atom stereocenters. The summed E-state index contributed by atoms with van der Waals surface area (Å²) in [4.78, 5) is 18.1. The van der Waals surface area contributed by atoms with Gasteiger partial charge in [-0.3, -0.25) is 4.79 Å². The number of sulfone groups is 1. The third-order valence-corrected chi connectivity index (χ3v) is 7.38. The summed E-state index contributed by atoms with van der Waals surface area (Å²) in [6.07, 6.45) is 1.55. The van der Waals surface area contributed by atoms with Gasteiger partial charge in [-0.1, -0.05) is 13.0 Å². The molecule has 1 aliphatic heterocycles. The Hall–Kier alpha value is -2.87. The van der Waals surface area contributed by atoms with Crippen LogP contribution < -0.4 is 10.2 Å². The first-order chi connectivity index (χ1) is 14.4. The van der Waals surface area contributed by atoms with Gasteiger partial charge in [0.05, 0.1) is 10.6 Å². The van der Waals surface area contributed by atoms with Crippen LogP contribution in [-0.2, 0) is 9.84 Å². The van der Waals surface area contributed by atoms with Gasteiger partial charge in [0.15, 0.2) is 9.84 Å². The zero-order valence-corrected chi connectivity index (χ0v) is 17.5. The number of carbonyl (C=O) groups excluding carboxylic acids is 1. The highest BCUT2D eigenvalue weighted by Gasteiger charge is 2.23. The number of anilines is 1. The Morgan fingerprint density at radius 3 is 2.50 bits per heavy atom. The largest absolute Gasteiger partial charge is 0.371 e. The molecule has 0 aliphatic carbocycles. The van der Waals surface area contributed by atoms with Crippen LogP contribution in [0.25, 0.3) is 10.9 Å². The predicted octanol–water partition coefficient (Wildman–Crippen LogP) is 3.50. The van der Waals surface area contributed by atoms with E-state index in [0.717, 1.165) is 31.6 Å². The van der Waals surface area contributed by atoms with Crippen LogP contribution in [0.15, 0.2) is 53.4 Å². The maximum atomic E-state index is 13.8. The Labute approximate surface area is 175 Å². The van der Waals surface area contributed by atoms with Crippen LogP contribution in [-0.4, -0.2) is 44.2 Å². The Balaban J connectivity index is 1.36. The highest BCUT2D eigenvalue weighted by Crippen LogP contribution is 2.23. The van der Waals surface area contributed by atoms with E-state index in [2.05, 4.69) is 15.2 Å². The lowest BCUT2D eigenvalue weighted by Gasteiger charge is -2.34. The van der Waals surface area contributed by atoms with Gasteiger partial charge in [0.25, 0.3) is 5.91 Å². The SMILES string of the molecule is CCS(=O)(=O)c1ccc(N2CCC(NC(=O)c3cc4c(F)cccc4[nH]3)CC2)cc1. The number of carbonyl (C=O) groups is 1. The van der Waals surface area contributed by atoms with Gasteiger partial charge in [-0.2, -0.15) is 0 Å². The molecule has 3 aromatic rings. The number of hydrogen-bond acceptors (Lipinski definition) is 4. The van der Waals surface area contributed by atoms with Crippen LogP contribution in [0.4, 0.5) is 10.1 Å². The molecular weight excluding hydrogens is 405 g/mol. The molecule has 1 aromatic heterocycles. The Bertz CT molecular complexity index is 1160. The average Bonchev–Trinajstić information content (AvgIpc) is 3.20. The summed E-state index contributed by atoms with van der Waals surface area (Å²) < 4.78 is 37.7.